The van der Waals surface area contributed by atoms with Gasteiger partial charge in [0.05, 0.1) is 6.26 Å². The van der Waals surface area contributed by atoms with Crippen molar-refractivity contribution in [2.24, 2.45) is 0 Å². The Bertz CT molecular complexity index is 785. The van der Waals surface area contributed by atoms with Gasteiger partial charge < -0.3 is 5.32 Å². The lowest BCUT2D eigenvalue weighted by atomic mass is 10.1. The molecule has 0 fully saturated rings. The van der Waals surface area contributed by atoms with Gasteiger partial charge in [0.2, 0.25) is 10.0 Å². The van der Waals surface area contributed by atoms with Gasteiger partial charge in [0.1, 0.15) is 0 Å². The van der Waals surface area contributed by atoms with E-state index >= 15 is 0 Å². The van der Waals surface area contributed by atoms with Gasteiger partial charge in [-0.05, 0) is 36.2 Å². The quantitative estimate of drug-likeness (QED) is 0.888. The van der Waals surface area contributed by atoms with Crippen LogP contribution >= 0.6 is 0 Å². The topological polar surface area (TPSA) is 75.3 Å². The molecule has 0 saturated carbocycles. The minimum atomic E-state index is -3.36. The van der Waals surface area contributed by atoms with Crippen molar-refractivity contribution in [2.45, 2.75) is 13.5 Å². The zero-order valence-electron chi connectivity index (χ0n) is 12.5. The first-order chi connectivity index (χ1) is 10.3. The Labute approximate surface area is 130 Å². The van der Waals surface area contributed by atoms with Crippen molar-refractivity contribution in [2.75, 3.05) is 11.0 Å². The molecule has 0 aromatic heterocycles. The Morgan fingerprint density at radius 2 is 1.82 bits per heavy atom. The number of carbonyl (C=O) groups is 1. The Balaban J connectivity index is 2.07. The number of anilines is 1. The smallest absolute Gasteiger partial charge is 0.251 e. The van der Waals surface area contributed by atoms with E-state index in [2.05, 4.69) is 10.0 Å². The fraction of sp³-hybridized carbons (Fsp3) is 0.188. The lowest BCUT2D eigenvalue weighted by molar-refractivity contribution is 0.0951. The second-order valence-corrected chi connectivity index (χ2v) is 6.81. The van der Waals surface area contributed by atoms with Crippen molar-refractivity contribution in [3.8, 4) is 0 Å². The minimum absolute atomic E-state index is 0.250. The van der Waals surface area contributed by atoms with Crippen molar-refractivity contribution >= 4 is 21.6 Å². The van der Waals surface area contributed by atoms with Crippen LogP contribution in [-0.2, 0) is 16.6 Å². The molecule has 116 valence electrons. The Kier molecular flexibility index (Phi) is 4.82. The van der Waals surface area contributed by atoms with Gasteiger partial charge in [-0.25, -0.2) is 8.42 Å². The molecule has 0 heterocycles. The van der Waals surface area contributed by atoms with Crippen LogP contribution in [-0.4, -0.2) is 20.6 Å². The summed E-state index contributed by atoms with van der Waals surface area (Å²) in [5.74, 6) is -0.250. The number of nitrogens with one attached hydrogen (secondary N) is 2. The number of hydrogen-bond donors (Lipinski definition) is 2. The zero-order valence-corrected chi connectivity index (χ0v) is 13.3. The number of carbonyl (C=O) groups excluding carboxylic acids is 1. The van der Waals surface area contributed by atoms with E-state index in [1.807, 2.05) is 31.2 Å². The van der Waals surface area contributed by atoms with Gasteiger partial charge in [-0.1, -0.05) is 30.3 Å². The maximum atomic E-state index is 12.2. The van der Waals surface area contributed by atoms with Gasteiger partial charge >= 0.3 is 0 Å². The van der Waals surface area contributed by atoms with Crippen LogP contribution < -0.4 is 10.0 Å². The van der Waals surface area contributed by atoms with Crippen LogP contribution in [0.5, 0.6) is 0 Å². The van der Waals surface area contributed by atoms with Crippen molar-refractivity contribution in [1.82, 2.24) is 5.32 Å². The van der Waals surface area contributed by atoms with E-state index in [0.29, 0.717) is 17.8 Å². The van der Waals surface area contributed by atoms with Gasteiger partial charge in [-0.3, -0.25) is 9.52 Å². The highest BCUT2D eigenvalue weighted by atomic mass is 32.2. The summed E-state index contributed by atoms with van der Waals surface area (Å²) in [4.78, 5) is 12.2. The number of benzene rings is 2. The normalized spacial score (nSPS) is 11.0. The second kappa shape index (κ2) is 6.62. The summed E-state index contributed by atoms with van der Waals surface area (Å²) in [6.07, 6.45) is 1.07. The van der Waals surface area contributed by atoms with E-state index in [1.54, 1.807) is 18.2 Å². The first kappa shape index (κ1) is 16.0. The van der Waals surface area contributed by atoms with Crippen molar-refractivity contribution in [3.63, 3.8) is 0 Å². The molecule has 22 heavy (non-hydrogen) atoms. The molecule has 0 radical (unpaired) electrons. The van der Waals surface area contributed by atoms with Crippen LogP contribution in [0.2, 0.25) is 0 Å². The van der Waals surface area contributed by atoms with Gasteiger partial charge in [0, 0.05) is 17.8 Å². The monoisotopic (exact) mass is 318 g/mol. The molecule has 2 aromatic carbocycles. The van der Waals surface area contributed by atoms with Crippen molar-refractivity contribution in [3.05, 3.63) is 65.2 Å². The first-order valence-corrected chi connectivity index (χ1v) is 8.65. The number of rotatable bonds is 5. The fourth-order valence-electron chi connectivity index (χ4n) is 2.02. The van der Waals surface area contributed by atoms with Crippen LogP contribution in [0.3, 0.4) is 0 Å². The van der Waals surface area contributed by atoms with E-state index in [9.17, 15) is 13.2 Å². The molecule has 5 nitrogen and oxygen atoms in total. The summed E-state index contributed by atoms with van der Waals surface area (Å²) in [5.41, 5.74) is 2.92. The van der Waals surface area contributed by atoms with Crippen LogP contribution in [0.4, 0.5) is 5.69 Å². The lowest BCUT2D eigenvalue weighted by Crippen LogP contribution is -2.23. The predicted molar refractivity (Wildman–Crippen MR) is 87.3 cm³/mol. The van der Waals surface area contributed by atoms with Crippen LogP contribution in [0.1, 0.15) is 21.5 Å². The Morgan fingerprint density at radius 1 is 1.09 bits per heavy atom. The number of aryl methyl sites for hydroxylation is 1. The molecular formula is C16H18N2O3S. The lowest BCUT2D eigenvalue weighted by Gasteiger charge is -2.09. The minimum Gasteiger partial charge on any atom is -0.348 e. The first-order valence-electron chi connectivity index (χ1n) is 6.76. The highest BCUT2D eigenvalue weighted by Gasteiger charge is 2.08. The van der Waals surface area contributed by atoms with Crippen molar-refractivity contribution in [1.29, 1.82) is 0 Å². The van der Waals surface area contributed by atoms with Crippen LogP contribution in [0.15, 0.2) is 48.5 Å². The maximum absolute atomic E-state index is 12.2. The van der Waals surface area contributed by atoms with E-state index in [0.717, 1.165) is 17.4 Å². The SMILES string of the molecule is Cc1ccccc1CNC(=O)c1cccc(NS(C)(=O)=O)c1. The summed E-state index contributed by atoms with van der Waals surface area (Å²) in [6.45, 7) is 2.41. The maximum Gasteiger partial charge on any atom is 0.251 e. The molecule has 0 atom stereocenters. The Hall–Kier alpha value is -2.34. The molecular weight excluding hydrogens is 300 g/mol. The molecule has 0 aliphatic carbocycles. The molecule has 6 heteroatoms. The van der Waals surface area contributed by atoms with E-state index in [-0.39, 0.29) is 5.91 Å². The molecule has 0 aliphatic heterocycles. The highest BCUT2D eigenvalue weighted by molar-refractivity contribution is 7.92. The van der Waals surface area contributed by atoms with Gasteiger partial charge in [0.15, 0.2) is 0 Å². The third-order valence-corrected chi connectivity index (χ3v) is 3.74. The van der Waals surface area contributed by atoms with Crippen LogP contribution in [0.25, 0.3) is 0 Å². The molecule has 2 rings (SSSR count). The number of hydrogen-bond acceptors (Lipinski definition) is 3. The molecule has 0 bridgehead atoms. The second-order valence-electron chi connectivity index (χ2n) is 5.06. The van der Waals surface area contributed by atoms with Gasteiger partial charge in [-0.15, -0.1) is 0 Å². The number of amides is 1. The zero-order chi connectivity index (χ0) is 16.2. The van der Waals surface area contributed by atoms with E-state index in [4.69, 9.17) is 0 Å². The van der Waals surface area contributed by atoms with E-state index < -0.39 is 10.0 Å². The molecule has 2 aromatic rings. The standard InChI is InChI=1S/C16H18N2O3S/c1-12-6-3-4-7-14(12)11-17-16(19)13-8-5-9-15(10-13)18-22(2,20)21/h3-10,18H,11H2,1-2H3,(H,17,19). The predicted octanol–water partition coefficient (Wildman–Crippen LogP) is 2.30. The summed E-state index contributed by atoms with van der Waals surface area (Å²) in [7, 11) is -3.36. The summed E-state index contributed by atoms with van der Waals surface area (Å²) in [5, 5.41) is 2.83. The molecule has 0 unspecified atom stereocenters. The van der Waals surface area contributed by atoms with Crippen molar-refractivity contribution < 1.29 is 13.2 Å². The van der Waals surface area contributed by atoms with Gasteiger partial charge in [0.25, 0.3) is 5.91 Å². The average molecular weight is 318 g/mol. The summed E-state index contributed by atoms with van der Waals surface area (Å²) >= 11 is 0. The molecule has 2 N–H and O–H groups in total. The summed E-state index contributed by atoms with van der Waals surface area (Å²) < 4.78 is 24.8. The van der Waals surface area contributed by atoms with Gasteiger partial charge in [-0.2, -0.15) is 0 Å². The van der Waals surface area contributed by atoms with Crippen LogP contribution in [0, 0.1) is 6.92 Å². The average Bonchev–Trinajstić information content (AvgIpc) is 2.44. The largest absolute Gasteiger partial charge is 0.348 e. The molecule has 1 amide bonds. The third kappa shape index (κ3) is 4.60. The molecule has 0 aliphatic rings. The fourth-order valence-corrected chi connectivity index (χ4v) is 2.58. The number of sulfonamides is 1. The van der Waals surface area contributed by atoms with E-state index in [1.165, 1.54) is 6.07 Å². The molecule has 0 saturated heterocycles. The molecule has 0 spiro atoms. The Morgan fingerprint density at radius 3 is 2.50 bits per heavy atom. The summed E-state index contributed by atoms with van der Waals surface area (Å²) in [6, 6.07) is 14.2. The third-order valence-electron chi connectivity index (χ3n) is 3.13. The highest BCUT2D eigenvalue weighted by Crippen LogP contribution is 2.12.